The van der Waals surface area contributed by atoms with E-state index in [0.29, 0.717) is 18.1 Å². The van der Waals surface area contributed by atoms with E-state index in [4.69, 9.17) is 9.47 Å². The maximum absolute atomic E-state index is 5.95. The molecule has 0 aliphatic carbocycles. The number of benzene rings is 3. The van der Waals surface area contributed by atoms with Crippen molar-refractivity contribution in [3.63, 3.8) is 0 Å². The lowest BCUT2D eigenvalue weighted by atomic mass is 10.1. The minimum absolute atomic E-state index is 0.582. The van der Waals surface area contributed by atoms with Crippen LogP contribution in [0.2, 0.25) is 0 Å². The van der Waals surface area contributed by atoms with Crippen LogP contribution in [-0.4, -0.2) is 40.6 Å². The fourth-order valence-electron chi connectivity index (χ4n) is 2.90. The second kappa shape index (κ2) is 9.25. The number of fused-ring (bicyclic) bond motifs is 1. The fourth-order valence-corrected chi connectivity index (χ4v) is 3.80. The summed E-state index contributed by atoms with van der Waals surface area (Å²) in [5.41, 5.74) is 0.896. The van der Waals surface area contributed by atoms with Gasteiger partial charge in [0, 0.05) is 10.6 Å². The third kappa shape index (κ3) is 4.75. The van der Waals surface area contributed by atoms with Gasteiger partial charge in [-0.15, -0.1) is 22.0 Å². The van der Waals surface area contributed by atoms with Crippen molar-refractivity contribution in [1.29, 1.82) is 0 Å². The Morgan fingerprint density at radius 2 is 1.83 bits per heavy atom. The zero-order chi connectivity index (χ0) is 19.9. The molecule has 0 aliphatic heterocycles. The molecule has 4 rings (SSSR count). The summed E-state index contributed by atoms with van der Waals surface area (Å²) < 4.78 is 13.0. The Labute approximate surface area is 173 Å². The number of hydrogen-bond donors (Lipinski definition) is 0. The molecule has 0 radical (unpaired) electrons. The van der Waals surface area contributed by atoms with Gasteiger partial charge in [0.15, 0.2) is 11.5 Å². The Morgan fingerprint density at radius 3 is 2.69 bits per heavy atom. The van der Waals surface area contributed by atoms with Crippen LogP contribution in [-0.2, 0) is 0 Å². The van der Waals surface area contributed by atoms with Crippen LogP contribution in [0.25, 0.3) is 10.8 Å². The van der Waals surface area contributed by atoms with E-state index in [0.717, 1.165) is 11.3 Å². The Kier molecular flexibility index (Phi) is 6.07. The van der Waals surface area contributed by atoms with Crippen molar-refractivity contribution in [3.8, 4) is 11.5 Å². The van der Waals surface area contributed by atoms with Gasteiger partial charge in [-0.3, -0.25) is 0 Å². The molecule has 0 amide bonds. The minimum Gasteiger partial charge on any atom is -0.493 e. The van der Waals surface area contributed by atoms with E-state index in [1.807, 2.05) is 18.2 Å². The number of hydrogen-bond acceptors (Lipinski definition) is 6. The average Bonchev–Trinajstić information content (AvgIpc) is 3.29. The molecule has 146 valence electrons. The SMILES string of the molecule is COc1cc(C=Nn2cnnc2)ccc1OCCSc1cccc2ccccc12. The highest BCUT2D eigenvalue weighted by molar-refractivity contribution is 7.99. The van der Waals surface area contributed by atoms with Gasteiger partial charge in [0.25, 0.3) is 0 Å². The third-order valence-electron chi connectivity index (χ3n) is 4.28. The zero-order valence-corrected chi connectivity index (χ0v) is 16.7. The van der Waals surface area contributed by atoms with Gasteiger partial charge in [-0.25, -0.2) is 4.68 Å². The van der Waals surface area contributed by atoms with E-state index >= 15 is 0 Å². The highest BCUT2D eigenvalue weighted by Gasteiger charge is 2.06. The number of aromatic nitrogens is 3. The van der Waals surface area contributed by atoms with Gasteiger partial charge in [-0.1, -0.05) is 36.4 Å². The highest BCUT2D eigenvalue weighted by atomic mass is 32.2. The van der Waals surface area contributed by atoms with Gasteiger partial charge < -0.3 is 9.47 Å². The van der Waals surface area contributed by atoms with E-state index in [2.05, 4.69) is 57.8 Å². The van der Waals surface area contributed by atoms with Gasteiger partial charge in [0.05, 0.1) is 19.9 Å². The average molecular weight is 404 g/mol. The molecule has 7 heteroatoms. The number of ether oxygens (including phenoxy) is 2. The van der Waals surface area contributed by atoms with Crippen molar-refractivity contribution in [1.82, 2.24) is 14.9 Å². The van der Waals surface area contributed by atoms with Gasteiger partial charge in [-0.05, 0) is 40.6 Å². The van der Waals surface area contributed by atoms with Crippen LogP contribution in [0, 0.1) is 0 Å². The van der Waals surface area contributed by atoms with Crippen molar-refractivity contribution in [2.75, 3.05) is 19.5 Å². The second-order valence-electron chi connectivity index (χ2n) is 6.17. The smallest absolute Gasteiger partial charge is 0.161 e. The van der Waals surface area contributed by atoms with Gasteiger partial charge in [-0.2, -0.15) is 5.10 Å². The maximum Gasteiger partial charge on any atom is 0.161 e. The molecule has 0 unspecified atom stereocenters. The molecule has 0 fully saturated rings. The molecule has 0 spiro atoms. The summed E-state index contributed by atoms with van der Waals surface area (Å²) >= 11 is 1.79. The second-order valence-corrected chi connectivity index (χ2v) is 7.31. The number of thioether (sulfide) groups is 1. The fraction of sp³-hybridized carbons (Fsp3) is 0.136. The molecule has 1 heterocycles. The van der Waals surface area contributed by atoms with Gasteiger partial charge in [0.1, 0.15) is 12.7 Å². The predicted molar refractivity (Wildman–Crippen MR) is 116 cm³/mol. The van der Waals surface area contributed by atoms with Crippen molar-refractivity contribution in [3.05, 3.63) is 78.9 Å². The summed E-state index contributed by atoms with van der Waals surface area (Å²) in [4.78, 5) is 1.26. The van der Waals surface area contributed by atoms with Crippen molar-refractivity contribution in [2.45, 2.75) is 4.90 Å². The molecule has 3 aromatic carbocycles. The Bertz CT molecular complexity index is 1110. The zero-order valence-electron chi connectivity index (χ0n) is 15.9. The van der Waals surface area contributed by atoms with Gasteiger partial charge >= 0.3 is 0 Å². The molecule has 0 aliphatic rings. The van der Waals surface area contributed by atoms with Crippen molar-refractivity contribution in [2.24, 2.45) is 5.10 Å². The van der Waals surface area contributed by atoms with Crippen LogP contribution in [0.3, 0.4) is 0 Å². The molecule has 4 aromatic rings. The Balaban J connectivity index is 1.36. The molecule has 0 saturated heterocycles. The highest BCUT2D eigenvalue weighted by Crippen LogP contribution is 2.30. The quantitative estimate of drug-likeness (QED) is 0.246. The lowest BCUT2D eigenvalue weighted by Crippen LogP contribution is -2.02. The van der Waals surface area contributed by atoms with E-state index in [1.54, 1.807) is 25.1 Å². The number of rotatable bonds is 8. The van der Waals surface area contributed by atoms with Crippen LogP contribution in [0.1, 0.15) is 5.56 Å². The maximum atomic E-state index is 5.95. The Hall–Kier alpha value is -3.32. The molecule has 0 saturated carbocycles. The summed E-state index contributed by atoms with van der Waals surface area (Å²) in [5.74, 6) is 2.23. The number of nitrogens with zero attached hydrogens (tertiary/aromatic N) is 4. The summed E-state index contributed by atoms with van der Waals surface area (Å²) in [6, 6.07) is 20.5. The van der Waals surface area contributed by atoms with Crippen LogP contribution in [0.15, 0.2) is 83.3 Å². The first-order valence-electron chi connectivity index (χ1n) is 9.14. The van der Waals surface area contributed by atoms with Crippen molar-refractivity contribution >= 4 is 28.7 Å². The van der Waals surface area contributed by atoms with Crippen LogP contribution in [0.5, 0.6) is 11.5 Å². The summed E-state index contributed by atoms with van der Waals surface area (Å²) in [7, 11) is 1.63. The molecular formula is C22H20N4O2S. The standard InChI is InChI=1S/C22H20N4O2S/c1-27-21-13-17(14-25-26-15-23-24-16-26)9-10-20(21)28-11-12-29-22-8-4-6-18-5-2-3-7-19(18)22/h2-10,13-16H,11-12H2,1H3. The first-order valence-corrected chi connectivity index (χ1v) is 10.1. The monoisotopic (exact) mass is 404 g/mol. The molecular weight excluding hydrogens is 384 g/mol. The first-order chi connectivity index (χ1) is 14.3. The largest absolute Gasteiger partial charge is 0.493 e. The molecule has 29 heavy (non-hydrogen) atoms. The molecule has 0 atom stereocenters. The lowest BCUT2D eigenvalue weighted by molar-refractivity contribution is 0.313. The molecule has 0 bridgehead atoms. The van der Waals surface area contributed by atoms with E-state index in [9.17, 15) is 0 Å². The van der Waals surface area contributed by atoms with E-state index in [-0.39, 0.29) is 0 Å². The van der Waals surface area contributed by atoms with Crippen LogP contribution in [0.4, 0.5) is 0 Å². The Morgan fingerprint density at radius 1 is 1.00 bits per heavy atom. The van der Waals surface area contributed by atoms with Gasteiger partial charge in [0.2, 0.25) is 0 Å². The lowest BCUT2D eigenvalue weighted by Gasteiger charge is -2.11. The first kappa shape index (κ1) is 19.0. The molecule has 1 aromatic heterocycles. The summed E-state index contributed by atoms with van der Waals surface area (Å²) in [5, 5.41) is 14.2. The molecule has 6 nitrogen and oxygen atoms in total. The van der Waals surface area contributed by atoms with E-state index < -0.39 is 0 Å². The molecule has 0 N–H and O–H groups in total. The summed E-state index contributed by atoms with van der Waals surface area (Å²) in [6.45, 7) is 0.582. The third-order valence-corrected chi connectivity index (χ3v) is 5.32. The minimum atomic E-state index is 0.582. The number of methoxy groups -OCH3 is 1. The van der Waals surface area contributed by atoms with Crippen LogP contribution >= 0.6 is 11.8 Å². The predicted octanol–water partition coefficient (Wildman–Crippen LogP) is 4.49. The normalized spacial score (nSPS) is 11.2. The van der Waals surface area contributed by atoms with E-state index in [1.165, 1.54) is 33.0 Å². The topological polar surface area (TPSA) is 61.5 Å². The van der Waals surface area contributed by atoms with Crippen molar-refractivity contribution < 1.29 is 9.47 Å². The van der Waals surface area contributed by atoms with Crippen LogP contribution < -0.4 is 9.47 Å². The summed E-state index contributed by atoms with van der Waals surface area (Å²) in [6.07, 6.45) is 4.77.